The van der Waals surface area contributed by atoms with E-state index >= 15 is 0 Å². The van der Waals surface area contributed by atoms with Crippen molar-refractivity contribution in [2.75, 3.05) is 6.61 Å². The van der Waals surface area contributed by atoms with E-state index in [-0.39, 0.29) is 24.5 Å². The van der Waals surface area contributed by atoms with Crippen molar-refractivity contribution >= 4 is 5.78 Å². The van der Waals surface area contributed by atoms with Crippen LogP contribution in [-0.4, -0.2) is 44.2 Å². The predicted octanol–water partition coefficient (Wildman–Crippen LogP) is 5.79. The molecular formula is C30H37N3O4. The Morgan fingerprint density at radius 3 is 2.70 bits per heavy atom. The summed E-state index contributed by atoms with van der Waals surface area (Å²) in [6.07, 6.45) is 11.6. The van der Waals surface area contributed by atoms with E-state index in [0.717, 1.165) is 43.4 Å². The molecule has 7 heteroatoms. The van der Waals surface area contributed by atoms with Gasteiger partial charge in [-0.2, -0.15) is 0 Å². The quantitative estimate of drug-likeness (QED) is 0.353. The van der Waals surface area contributed by atoms with Gasteiger partial charge in [0.25, 0.3) is 0 Å². The van der Waals surface area contributed by atoms with Crippen LogP contribution in [0.25, 0.3) is 11.3 Å². The van der Waals surface area contributed by atoms with Gasteiger partial charge in [-0.25, -0.2) is 4.68 Å². The van der Waals surface area contributed by atoms with Crippen molar-refractivity contribution in [3.8, 4) is 22.8 Å². The monoisotopic (exact) mass is 503 g/mol. The average Bonchev–Trinajstić information content (AvgIpc) is 3.36. The number of hydrogen-bond donors (Lipinski definition) is 1. The first-order valence-electron chi connectivity index (χ1n) is 13.7. The predicted molar refractivity (Wildman–Crippen MR) is 142 cm³/mol. The highest BCUT2D eigenvalue weighted by atomic mass is 16.5. The molecule has 3 aromatic rings. The van der Waals surface area contributed by atoms with Crippen molar-refractivity contribution < 1.29 is 19.4 Å². The normalized spacial score (nSPS) is 17.3. The highest BCUT2D eigenvalue weighted by Gasteiger charge is 2.41. The van der Waals surface area contributed by atoms with Crippen molar-refractivity contribution in [3.05, 3.63) is 59.8 Å². The Hall–Kier alpha value is -3.19. The molecule has 1 aromatic heterocycles. The van der Waals surface area contributed by atoms with E-state index in [1.54, 1.807) is 22.9 Å². The minimum absolute atomic E-state index is 0.0968. The van der Waals surface area contributed by atoms with Gasteiger partial charge in [0.2, 0.25) is 0 Å². The number of aliphatic hydroxyl groups is 1. The maximum Gasteiger partial charge on any atom is 0.170 e. The lowest BCUT2D eigenvalue weighted by Gasteiger charge is -2.40. The third-order valence-electron chi connectivity index (χ3n) is 7.53. The lowest BCUT2D eigenvalue weighted by Crippen LogP contribution is -2.43. The first-order chi connectivity index (χ1) is 18.0. The number of carbonyl (C=O) groups is 1. The molecule has 1 saturated carbocycles. The summed E-state index contributed by atoms with van der Waals surface area (Å²) >= 11 is 0. The molecule has 2 aromatic carbocycles. The summed E-state index contributed by atoms with van der Waals surface area (Å²) < 4.78 is 13.9. The van der Waals surface area contributed by atoms with E-state index in [0.29, 0.717) is 23.5 Å². The maximum absolute atomic E-state index is 12.7. The number of fused-ring (bicyclic) bond motifs is 1. The molecule has 1 aliphatic heterocycles. The van der Waals surface area contributed by atoms with Gasteiger partial charge in [0.15, 0.2) is 5.78 Å². The Labute approximate surface area is 218 Å². The molecule has 0 amide bonds. The molecule has 5 rings (SSSR count). The van der Waals surface area contributed by atoms with Gasteiger partial charge in [-0.15, -0.1) is 5.10 Å². The molecule has 1 fully saturated rings. The topological polar surface area (TPSA) is 86.5 Å². The highest BCUT2D eigenvalue weighted by molar-refractivity contribution is 6.00. The van der Waals surface area contributed by atoms with Crippen molar-refractivity contribution in [2.45, 2.75) is 89.4 Å². The van der Waals surface area contributed by atoms with Gasteiger partial charge in [-0.3, -0.25) is 4.79 Å². The number of nitrogens with zero attached hydrogens (tertiary/aromatic N) is 3. The third kappa shape index (κ3) is 6.21. The summed E-state index contributed by atoms with van der Waals surface area (Å²) in [5.41, 5.74) is 3.38. The average molecular weight is 504 g/mol. The molecule has 2 heterocycles. The zero-order valence-electron chi connectivity index (χ0n) is 21.7. The van der Waals surface area contributed by atoms with Crippen LogP contribution in [0.5, 0.6) is 11.5 Å². The standard InChI is InChI=1S/C30H37N3O4/c1-2-3-5-8-22-9-11-23(12-10-22)27-20-33(32-31-27)19-24(34)21-36-25-13-14-26-28(35)18-30(37-29(26)17-25)15-6-4-7-16-30/h9-14,17,20,24,34H,2-8,15-16,18-19,21H2,1H3/t24-/m1/s1. The van der Waals surface area contributed by atoms with E-state index in [1.807, 2.05) is 6.20 Å². The molecular weight excluding hydrogens is 466 g/mol. The molecule has 0 radical (unpaired) electrons. The Kier molecular flexibility index (Phi) is 7.89. The summed E-state index contributed by atoms with van der Waals surface area (Å²) in [5, 5.41) is 19.0. The molecule has 7 nitrogen and oxygen atoms in total. The van der Waals surface area contributed by atoms with Gasteiger partial charge in [-0.05, 0) is 56.2 Å². The molecule has 1 aliphatic carbocycles. The number of aliphatic hydroxyl groups excluding tert-OH is 1. The van der Waals surface area contributed by atoms with Crippen LogP contribution >= 0.6 is 0 Å². The smallest absolute Gasteiger partial charge is 0.170 e. The van der Waals surface area contributed by atoms with Crippen LogP contribution in [-0.2, 0) is 13.0 Å². The van der Waals surface area contributed by atoms with Crippen molar-refractivity contribution in [1.82, 2.24) is 15.0 Å². The van der Waals surface area contributed by atoms with Crippen LogP contribution < -0.4 is 9.47 Å². The van der Waals surface area contributed by atoms with Gasteiger partial charge in [0.1, 0.15) is 35.5 Å². The second kappa shape index (κ2) is 11.5. The van der Waals surface area contributed by atoms with E-state index in [9.17, 15) is 9.90 Å². The number of aryl methyl sites for hydroxylation is 1. The lowest BCUT2D eigenvalue weighted by atomic mass is 9.78. The Bertz CT molecular complexity index is 1200. The number of rotatable bonds is 10. The van der Waals surface area contributed by atoms with Gasteiger partial charge >= 0.3 is 0 Å². The second-order valence-corrected chi connectivity index (χ2v) is 10.5. The molecule has 1 spiro atoms. The fourth-order valence-electron chi connectivity index (χ4n) is 5.44. The first kappa shape index (κ1) is 25.5. The SMILES string of the molecule is CCCCCc1ccc(-c2cn(C[C@@H](O)COc3ccc4c(c3)OC3(CCCCC3)CC4=O)nn2)cc1. The van der Waals surface area contributed by atoms with Crippen molar-refractivity contribution in [1.29, 1.82) is 0 Å². The number of aromatic nitrogens is 3. The number of hydrogen-bond acceptors (Lipinski definition) is 6. The number of unbranched alkanes of at least 4 members (excludes halogenated alkanes) is 2. The highest BCUT2D eigenvalue weighted by Crippen LogP contribution is 2.42. The number of Topliss-reactive ketones (excluding diaryl/α,β-unsaturated/α-hetero) is 1. The molecule has 0 saturated heterocycles. The number of carbonyl (C=O) groups excluding carboxylic acids is 1. The van der Waals surface area contributed by atoms with Crippen LogP contribution in [0.3, 0.4) is 0 Å². The number of benzene rings is 2. The van der Waals surface area contributed by atoms with Crippen LogP contribution in [0.4, 0.5) is 0 Å². The minimum atomic E-state index is -0.765. The molecule has 0 bridgehead atoms. The molecule has 196 valence electrons. The van der Waals surface area contributed by atoms with Crippen LogP contribution in [0.15, 0.2) is 48.7 Å². The van der Waals surface area contributed by atoms with Crippen LogP contribution in [0.1, 0.15) is 80.6 Å². The molecule has 0 unspecified atom stereocenters. The van der Waals surface area contributed by atoms with Gasteiger partial charge in [0.05, 0.1) is 24.7 Å². The number of ether oxygens (including phenoxy) is 2. The molecule has 37 heavy (non-hydrogen) atoms. The summed E-state index contributed by atoms with van der Waals surface area (Å²) in [4.78, 5) is 12.7. The van der Waals surface area contributed by atoms with Crippen LogP contribution in [0, 0.1) is 0 Å². The van der Waals surface area contributed by atoms with Crippen LogP contribution in [0.2, 0.25) is 0 Å². The molecule has 1 N–H and O–H groups in total. The van der Waals surface area contributed by atoms with Crippen molar-refractivity contribution in [2.24, 2.45) is 0 Å². The fourth-order valence-corrected chi connectivity index (χ4v) is 5.44. The summed E-state index contributed by atoms with van der Waals surface area (Å²) in [5.74, 6) is 1.32. The second-order valence-electron chi connectivity index (χ2n) is 10.5. The maximum atomic E-state index is 12.7. The van der Waals surface area contributed by atoms with E-state index < -0.39 is 6.10 Å². The number of ketones is 1. The van der Waals surface area contributed by atoms with Gasteiger partial charge in [0, 0.05) is 11.6 Å². The Balaban J connectivity index is 1.15. The largest absolute Gasteiger partial charge is 0.491 e. The Morgan fingerprint density at radius 2 is 1.92 bits per heavy atom. The summed E-state index contributed by atoms with van der Waals surface area (Å²) in [7, 11) is 0. The third-order valence-corrected chi connectivity index (χ3v) is 7.53. The first-order valence-corrected chi connectivity index (χ1v) is 13.7. The summed E-state index contributed by atoms with van der Waals surface area (Å²) in [6.45, 7) is 2.58. The van der Waals surface area contributed by atoms with E-state index in [2.05, 4.69) is 41.5 Å². The van der Waals surface area contributed by atoms with Gasteiger partial charge in [-0.1, -0.05) is 55.7 Å². The zero-order valence-corrected chi connectivity index (χ0v) is 21.7. The zero-order chi connectivity index (χ0) is 25.7. The minimum Gasteiger partial charge on any atom is -0.491 e. The Morgan fingerprint density at radius 1 is 1.11 bits per heavy atom. The van der Waals surface area contributed by atoms with E-state index in [4.69, 9.17) is 9.47 Å². The van der Waals surface area contributed by atoms with Gasteiger partial charge < -0.3 is 14.6 Å². The lowest BCUT2D eigenvalue weighted by molar-refractivity contribution is 0.0132. The van der Waals surface area contributed by atoms with E-state index in [1.165, 1.54) is 31.2 Å². The van der Waals surface area contributed by atoms with Crippen molar-refractivity contribution in [3.63, 3.8) is 0 Å². The summed E-state index contributed by atoms with van der Waals surface area (Å²) in [6, 6.07) is 13.8. The molecule has 2 aliphatic rings. The fraction of sp³-hybridized carbons (Fsp3) is 0.500. The molecule has 1 atom stereocenters.